The van der Waals surface area contributed by atoms with Gasteiger partial charge in [0.15, 0.2) is 0 Å². The Bertz CT molecular complexity index is 1850. The van der Waals surface area contributed by atoms with E-state index in [1.54, 1.807) is 17.0 Å². The molecule has 224 valence electrons. The largest absolute Gasteiger partial charge is 0.331 e. The molecular formula is C36H33N7O2. The van der Waals surface area contributed by atoms with Crippen molar-refractivity contribution >= 4 is 29.1 Å². The van der Waals surface area contributed by atoms with Crippen molar-refractivity contribution in [2.45, 2.75) is 44.7 Å². The van der Waals surface area contributed by atoms with Crippen molar-refractivity contribution in [3.63, 3.8) is 0 Å². The predicted molar refractivity (Wildman–Crippen MR) is 174 cm³/mol. The summed E-state index contributed by atoms with van der Waals surface area (Å²) >= 11 is 0. The minimum Gasteiger partial charge on any atom is -0.331 e. The van der Waals surface area contributed by atoms with Crippen LogP contribution in [0.25, 0.3) is 16.7 Å². The average molecular weight is 596 g/mol. The molecule has 0 fully saturated rings. The molecule has 0 saturated heterocycles. The number of nitrogens with one attached hydrogen (secondary N) is 3. The Morgan fingerprint density at radius 1 is 0.867 bits per heavy atom. The Kier molecular flexibility index (Phi) is 7.89. The molecule has 0 aliphatic heterocycles. The average Bonchev–Trinajstić information content (AvgIpc) is 3.61. The maximum Gasteiger partial charge on any atom is 0.322 e. The first-order valence-corrected chi connectivity index (χ1v) is 15.3. The van der Waals surface area contributed by atoms with E-state index in [1.165, 1.54) is 35.1 Å². The lowest BCUT2D eigenvalue weighted by Gasteiger charge is -2.31. The zero-order chi connectivity index (χ0) is 30.6. The normalized spacial score (nSPS) is 15.3. The summed E-state index contributed by atoms with van der Waals surface area (Å²) in [5, 5.41) is 19.3. The summed E-state index contributed by atoms with van der Waals surface area (Å²) in [6.07, 6.45) is 7.68. The predicted octanol–water partition coefficient (Wildman–Crippen LogP) is 7.09. The fourth-order valence-corrected chi connectivity index (χ4v) is 6.26. The molecule has 5 aromatic rings. The van der Waals surface area contributed by atoms with Gasteiger partial charge in [-0.25, -0.2) is 4.79 Å². The number of carbonyl (C=O) groups is 2. The number of allylic oxidation sites excluding steroid dienone is 2. The van der Waals surface area contributed by atoms with Gasteiger partial charge in [-0.3, -0.25) is 15.0 Å². The number of hydrogen-bond donors (Lipinski definition) is 3. The first-order valence-electron chi connectivity index (χ1n) is 15.3. The second kappa shape index (κ2) is 12.6. The van der Waals surface area contributed by atoms with E-state index in [9.17, 15) is 9.59 Å². The monoisotopic (exact) mass is 595 g/mol. The highest BCUT2D eigenvalue weighted by molar-refractivity contribution is 6.03. The van der Waals surface area contributed by atoms with E-state index in [-0.39, 0.29) is 23.9 Å². The van der Waals surface area contributed by atoms with E-state index in [4.69, 9.17) is 0 Å². The van der Waals surface area contributed by atoms with Gasteiger partial charge in [0, 0.05) is 11.3 Å². The lowest BCUT2D eigenvalue weighted by atomic mass is 9.82. The highest BCUT2D eigenvalue weighted by Gasteiger charge is 2.28. The number of H-pyrrole nitrogens is 1. The molecule has 7 rings (SSSR count). The summed E-state index contributed by atoms with van der Waals surface area (Å²) in [5.41, 5.74) is 9.40. The van der Waals surface area contributed by atoms with Crippen LogP contribution in [0.15, 0.2) is 103 Å². The lowest BCUT2D eigenvalue weighted by Crippen LogP contribution is -2.42. The topological polar surface area (TPSA) is 116 Å². The summed E-state index contributed by atoms with van der Waals surface area (Å²) < 4.78 is 0. The number of aromatic amines is 1. The number of anilines is 2. The molecule has 0 bridgehead atoms. The summed E-state index contributed by atoms with van der Waals surface area (Å²) in [5.74, 6) is -0.243. The van der Waals surface area contributed by atoms with Crippen LogP contribution in [-0.4, -0.2) is 32.6 Å². The Balaban J connectivity index is 1.15. The number of rotatable bonds is 7. The molecular weight excluding hydrogens is 562 g/mol. The first kappa shape index (κ1) is 28.2. The van der Waals surface area contributed by atoms with Crippen LogP contribution in [0.2, 0.25) is 0 Å². The van der Waals surface area contributed by atoms with Crippen molar-refractivity contribution in [2.24, 2.45) is 0 Å². The van der Waals surface area contributed by atoms with Crippen LogP contribution in [-0.2, 0) is 13.0 Å². The van der Waals surface area contributed by atoms with Crippen LogP contribution in [0, 0.1) is 0 Å². The van der Waals surface area contributed by atoms with Crippen molar-refractivity contribution in [1.82, 2.24) is 25.9 Å². The molecule has 45 heavy (non-hydrogen) atoms. The Morgan fingerprint density at radius 3 is 2.40 bits per heavy atom. The zero-order valence-electron chi connectivity index (χ0n) is 24.7. The number of carbonyl (C=O) groups excluding carboxylic acids is 2. The van der Waals surface area contributed by atoms with E-state index in [0.29, 0.717) is 18.5 Å². The summed E-state index contributed by atoms with van der Waals surface area (Å²) in [7, 11) is 0. The van der Waals surface area contributed by atoms with E-state index in [1.807, 2.05) is 42.5 Å². The molecule has 4 aromatic carbocycles. The van der Waals surface area contributed by atoms with E-state index < -0.39 is 0 Å². The van der Waals surface area contributed by atoms with E-state index in [0.717, 1.165) is 35.2 Å². The van der Waals surface area contributed by atoms with Crippen molar-refractivity contribution in [1.29, 1.82) is 0 Å². The molecule has 3 amide bonds. The number of aromatic nitrogens is 4. The van der Waals surface area contributed by atoms with Crippen LogP contribution in [0.4, 0.5) is 16.4 Å². The van der Waals surface area contributed by atoms with Gasteiger partial charge in [-0.05, 0) is 101 Å². The van der Waals surface area contributed by atoms with Gasteiger partial charge in [-0.2, -0.15) is 5.21 Å². The van der Waals surface area contributed by atoms with Gasteiger partial charge in [-0.15, -0.1) is 5.10 Å². The maximum absolute atomic E-state index is 14.2. The molecule has 0 saturated carbocycles. The molecule has 1 heterocycles. The Labute approximate surface area is 261 Å². The summed E-state index contributed by atoms with van der Waals surface area (Å²) in [6.45, 7) is 0.325. The molecule has 9 nitrogen and oxygen atoms in total. The SMILES string of the molecule is O=C(Nc1nn[nH]n1)c1ccc(CN(C(=O)NC2Cc3ccccc3-c3ccccc32)c2ccc(C3=CCCCC3)cc2)cc1. The smallest absolute Gasteiger partial charge is 0.322 e. The highest BCUT2D eigenvalue weighted by Crippen LogP contribution is 2.38. The second-order valence-electron chi connectivity index (χ2n) is 11.4. The molecule has 1 unspecified atom stereocenters. The van der Waals surface area contributed by atoms with Crippen LogP contribution in [0.5, 0.6) is 0 Å². The van der Waals surface area contributed by atoms with Crippen LogP contribution in [0.3, 0.4) is 0 Å². The van der Waals surface area contributed by atoms with Gasteiger partial charge >= 0.3 is 6.03 Å². The molecule has 2 aliphatic carbocycles. The number of benzene rings is 4. The molecule has 9 heteroatoms. The number of amides is 3. The van der Waals surface area contributed by atoms with Crippen molar-refractivity contribution in [3.8, 4) is 11.1 Å². The second-order valence-corrected chi connectivity index (χ2v) is 11.4. The number of fused-ring (bicyclic) bond motifs is 3. The van der Waals surface area contributed by atoms with Gasteiger partial charge in [0.1, 0.15) is 0 Å². The van der Waals surface area contributed by atoms with Gasteiger partial charge in [0.05, 0.1) is 12.6 Å². The molecule has 2 aliphatic rings. The first-order chi connectivity index (χ1) is 22.1. The van der Waals surface area contributed by atoms with E-state index in [2.05, 4.69) is 79.8 Å². The molecule has 0 radical (unpaired) electrons. The molecule has 0 spiro atoms. The third kappa shape index (κ3) is 6.10. The fraction of sp³-hybridized carbons (Fsp3) is 0.194. The quantitative estimate of drug-likeness (QED) is 0.186. The number of hydrogen-bond acceptors (Lipinski definition) is 5. The van der Waals surface area contributed by atoms with Gasteiger partial charge in [0.25, 0.3) is 11.9 Å². The minimum absolute atomic E-state index is 0.103. The maximum atomic E-state index is 14.2. The van der Waals surface area contributed by atoms with Crippen molar-refractivity contribution in [2.75, 3.05) is 10.2 Å². The lowest BCUT2D eigenvalue weighted by molar-refractivity contribution is 0.102. The minimum atomic E-state index is -0.346. The zero-order valence-corrected chi connectivity index (χ0v) is 24.7. The van der Waals surface area contributed by atoms with Crippen LogP contribution < -0.4 is 15.5 Å². The van der Waals surface area contributed by atoms with Crippen LogP contribution in [0.1, 0.15) is 64.3 Å². The summed E-state index contributed by atoms with van der Waals surface area (Å²) in [4.78, 5) is 28.6. The number of urea groups is 1. The van der Waals surface area contributed by atoms with Crippen molar-refractivity contribution in [3.05, 3.63) is 131 Å². The van der Waals surface area contributed by atoms with Crippen molar-refractivity contribution < 1.29 is 9.59 Å². The molecule has 1 aromatic heterocycles. The van der Waals surface area contributed by atoms with Gasteiger partial charge in [0.2, 0.25) is 0 Å². The number of nitrogens with zero attached hydrogens (tertiary/aromatic N) is 4. The van der Waals surface area contributed by atoms with Gasteiger partial charge < -0.3 is 5.32 Å². The summed E-state index contributed by atoms with van der Waals surface area (Å²) in [6, 6.07) is 31.8. The van der Waals surface area contributed by atoms with E-state index >= 15 is 0 Å². The third-order valence-corrected chi connectivity index (χ3v) is 8.58. The molecule has 3 N–H and O–H groups in total. The fourth-order valence-electron chi connectivity index (χ4n) is 6.26. The van der Waals surface area contributed by atoms with Gasteiger partial charge in [-0.1, -0.05) is 84.0 Å². The number of tetrazole rings is 1. The standard InChI is InChI=1S/C36H33N7O2/c44-34(38-35-39-41-42-40-35)27-16-14-24(15-17-27)23-43(29-20-18-26(19-21-29)25-8-2-1-3-9-25)36(45)37-33-22-28-10-4-5-11-30(28)31-12-6-7-13-32(31)33/h4-8,10-21,33H,1-3,9,22-23H2,(H,37,45)(H2,38,39,40,41,42,44). The third-order valence-electron chi connectivity index (χ3n) is 8.58. The Hall–Kier alpha value is -5.57. The highest BCUT2D eigenvalue weighted by atomic mass is 16.2. The van der Waals surface area contributed by atoms with Crippen LogP contribution >= 0.6 is 0 Å². The Morgan fingerprint density at radius 2 is 1.64 bits per heavy atom. The molecule has 1 atom stereocenters.